The van der Waals surface area contributed by atoms with Crippen LogP contribution in [0.25, 0.3) is 0 Å². The first kappa shape index (κ1) is 22.4. The molecule has 1 aromatic carbocycles. The molecule has 9 heteroatoms. The lowest BCUT2D eigenvalue weighted by Gasteiger charge is -2.36. The third kappa shape index (κ3) is 7.63. The molecule has 7 nitrogen and oxygen atoms in total. The SMILES string of the molecule is CN=C(NCCOCCS(C)(=O)=O)NC1CCCN(c2ccc(F)cc2C)C1. The lowest BCUT2D eigenvalue weighted by Crippen LogP contribution is -2.51. The summed E-state index contributed by atoms with van der Waals surface area (Å²) in [4.78, 5) is 6.52. The van der Waals surface area contributed by atoms with Crippen molar-refractivity contribution in [1.82, 2.24) is 10.6 Å². The van der Waals surface area contributed by atoms with Gasteiger partial charge in [0.15, 0.2) is 5.96 Å². The van der Waals surface area contributed by atoms with E-state index >= 15 is 0 Å². The number of halogens is 1. The number of nitrogens with zero attached hydrogens (tertiary/aromatic N) is 2. The van der Waals surface area contributed by atoms with E-state index in [-0.39, 0.29) is 24.2 Å². The summed E-state index contributed by atoms with van der Waals surface area (Å²) < 4.78 is 40.8. The summed E-state index contributed by atoms with van der Waals surface area (Å²) in [6.45, 7) is 4.84. The van der Waals surface area contributed by atoms with Crippen molar-refractivity contribution >= 4 is 21.5 Å². The van der Waals surface area contributed by atoms with Gasteiger partial charge >= 0.3 is 0 Å². The van der Waals surface area contributed by atoms with E-state index in [4.69, 9.17) is 4.74 Å². The first-order chi connectivity index (χ1) is 13.3. The molecular formula is C19H31FN4O3S. The number of rotatable bonds is 8. The number of sulfone groups is 1. The summed E-state index contributed by atoms with van der Waals surface area (Å²) in [5.74, 6) is 0.506. The van der Waals surface area contributed by atoms with E-state index < -0.39 is 9.84 Å². The highest BCUT2D eigenvalue weighted by Gasteiger charge is 2.22. The molecule has 1 aliphatic heterocycles. The van der Waals surface area contributed by atoms with E-state index in [1.54, 1.807) is 13.1 Å². The second kappa shape index (κ2) is 10.6. The predicted molar refractivity (Wildman–Crippen MR) is 111 cm³/mol. The average Bonchev–Trinajstić information content (AvgIpc) is 2.63. The van der Waals surface area contributed by atoms with Crippen LogP contribution in [0.4, 0.5) is 10.1 Å². The Balaban J connectivity index is 1.77. The van der Waals surface area contributed by atoms with E-state index in [0.717, 1.165) is 37.2 Å². The number of aliphatic imine (C=N–C) groups is 1. The van der Waals surface area contributed by atoms with E-state index in [0.29, 0.717) is 19.1 Å². The van der Waals surface area contributed by atoms with Gasteiger partial charge in [0.25, 0.3) is 0 Å². The molecule has 0 spiro atoms. The summed E-state index contributed by atoms with van der Waals surface area (Å²) in [5.41, 5.74) is 2.00. The average molecular weight is 415 g/mol. The van der Waals surface area contributed by atoms with Gasteiger partial charge in [-0.2, -0.15) is 0 Å². The molecule has 1 unspecified atom stereocenters. The molecule has 1 atom stereocenters. The fourth-order valence-corrected chi connectivity index (χ4v) is 3.65. The van der Waals surface area contributed by atoms with Crippen LogP contribution in [-0.2, 0) is 14.6 Å². The van der Waals surface area contributed by atoms with Gasteiger partial charge in [0.2, 0.25) is 0 Å². The Labute approximate surface area is 167 Å². The first-order valence-corrected chi connectivity index (χ1v) is 11.6. The highest BCUT2D eigenvalue weighted by Crippen LogP contribution is 2.24. The molecule has 2 rings (SSSR count). The zero-order valence-electron chi connectivity index (χ0n) is 16.9. The van der Waals surface area contributed by atoms with Crippen LogP contribution in [0.2, 0.25) is 0 Å². The standard InChI is InChI=1S/C19H31FN4O3S/c1-15-13-16(20)6-7-18(15)24-9-4-5-17(14-24)23-19(21-2)22-8-10-27-11-12-28(3,25)26/h6-7,13,17H,4-5,8-12,14H2,1-3H3,(H2,21,22,23). The van der Waals surface area contributed by atoms with Crippen molar-refractivity contribution in [2.24, 2.45) is 4.99 Å². The third-order valence-corrected chi connectivity index (χ3v) is 5.53. The Morgan fingerprint density at radius 1 is 1.39 bits per heavy atom. The van der Waals surface area contributed by atoms with Gasteiger partial charge in [-0.25, -0.2) is 12.8 Å². The largest absolute Gasteiger partial charge is 0.379 e. The Hall–Kier alpha value is -1.87. The lowest BCUT2D eigenvalue weighted by molar-refractivity contribution is 0.154. The maximum atomic E-state index is 13.4. The molecule has 158 valence electrons. The molecule has 1 saturated heterocycles. The molecule has 28 heavy (non-hydrogen) atoms. The van der Waals surface area contributed by atoms with Gasteiger partial charge in [-0.1, -0.05) is 0 Å². The molecule has 1 aliphatic rings. The van der Waals surface area contributed by atoms with Crippen LogP contribution in [-0.4, -0.2) is 72.3 Å². The van der Waals surface area contributed by atoms with Gasteiger partial charge in [0.1, 0.15) is 15.7 Å². The Kier molecular flexibility index (Phi) is 8.50. The number of anilines is 1. The maximum Gasteiger partial charge on any atom is 0.191 e. The number of nitrogens with one attached hydrogen (secondary N) is 2. The molecule has 1 heterocycles. The summed E-state index contributed by atoms with van der Waals surface area (Å²) >= 11 is 0. The summed E-state index contributed by atoms with van der Waals surface area (Å²) in [7, 11) is -1.28. The predicted octanol–water partition coefficient (Wildman–Crippen LogP) is 1.33. The van der Waals surface area contributed by atoms with Crippen molar-refractivity contribution < 1.29 is 17.5 Å². The topological polar surface area (TPSA) is 83.0 Å². The van der Waals surface area contributed by atoms with Crippen LogP contribution in [0.5, 0.6) is 0 Å². The van der Waals surface area contributed by atoms with Crippen molar-refractivity contribution in [3.8, 4) is 0 Å². The van der Waals surface area contributed by atoms with Gasteiger partial charge in [-0.05, 0) is 43.5 Å². The smallest absolute Gasteiger partial charge is 0.191 e. The highest BCUT2D eigenvalue weighted by molar-refractivity contribution is 7.90. The van der Waals surface area contributed by atoms with Crippen molar-refractivity contribution in [3.63, 3.8) is 0 Å². The fourth-order valence-electron chi connectivity index (χ4n) is 3.23. The van der Waals surface area contributed by atoms with Crippen molar-refractivity contribution in [3.05, 3.63) is 29.6 Å². The zero-order chi connectivity index (χ0) is 20.6. The van der Waals surface area contributed by atoms with Gasteiger partial charge in [-0.3, -0.25) is 4.99 Å². The molecule has 0 saturated carbocycles. The quantitative estimate of drug-likeness (QED) is 0.379. The molecule has 0 radical (unpaired) electrons. The maximum absolute atomic E-state index is 13.4. The first-order valence-electron chi connectivity index (χ1n) is 9.52. The lowest BCUT2D eigenvalue weighted by atomic mass is 10.0. The van der Waals surface area contributed by atoms with Crippen LogP contribution in [0.1, 0.15) is 18.4 Å². The molecule has 0 aromatic heterocycles. The van der Waals surface area contributed by atoms with Crippen LogP contribution >= 0.6 is 0 Å². The number of ether oxygens (including phenoxy) is 1. The number of guanidine groups is 1. The number of piperidine rings is 1. The Bertz CT molecular complexity index is 770. The van der Waals surface area contributed by atoms with E-state index in [1.807, 2.05) is 13.0 Å². The summed E-state index contributed by atoms with van der Waals surface area (Å²) in [6, 6.07) is 5.14. The Morgan fingerprint density at radius 3 is 2.86 bits per heavy atom. The molecule has 0 bridgehead atoms. The second-order valence-corrected chi connectivity index (χ2v) is 9.36. The van der Waals surface area contributed by atoms with E-state index in [1.165, 1.54) is 12.3 Å². The zero-order valence-corrected chi connectivity index (χ0v) is 17.7. The minimum atomic E-state index is -2.99. The van der Waals surface area contributed by atoms with Crippen molar-refractivity contribution in [2.75, 3.05) is 56.8 Å². The molecule has 1 fully saturated rings. The third-order valence-electron chi connectivity index (χ3n) is 4.62. The summed E-state index contributed by atoms with van der Waals surface area (Å²) in [5, 5.41) is 6.61. The molecular weight excluding hydrogens is 383 g/mol. The van der Waals surface area contributed by atoms with Gasteiger partial charge in [0.05, 0.1) is 19.0 Å². The number of benzene rings is 1. The van der Waals surface area contributed by atoms with Crippen LogP contribution in [0.3, 0.4) is 0 Å². The van der Waals surface area contributed by atoms with Crippen molar-refractivity contribution in [2.45, 2.75) is 25.8 Å². The highest BCUT2D eigenvalue weighted by atomic mass is 32.2. The monoisotopic (exact) mass is 414 g/mol. The van der Waals surface area contributed by atoms with Gasteiger partial charge in [-0.15, -0.1) is 0 Å². The van der Waals surface area contributed by atoms with E-state index in [9.17, 15) is 12.8 Å². The summed E-state index contributed by atoms with van der Waals surface area (Å²) in [6.07, 6.45) is 3.27. The minimum Gasteiger partial charge on any atom is -0.379 e. The van der Waals surface area contributed by atoms with Gasteiger partial charge < -0.3 is 20.3 Å². The normalized spacial score (nSPS) is 18.2. The molecule has 1 aromatic rings. The van der Waals surface area contributed by atoms with Crippen LogP contribution < -0.4 is 15.5 Å². The van der Waals surface area contributed by atoms with Crippen LogP contribution in [0.15, 0.2) is 23.2 Å². The van der Waals surface area contributed by atoms with Crippen molar-refractivity contribution in [1.29, 1.82) is 0 Å². The molecule has 0 aliphatic carbocycles. The number of aryl methyl sites for hydroxylation is 1. The van der Waals surface area contributed by atoms with Gasteiger partial charge in [0, 0.05) is 44.7 Å². The fraction of sp³-hybridized carbons (Fsp3) is 0.632. The number of hydrogen-bond donors (Lipinski definition) is 2. The minimum absolute atomic E-state index is 0.0285. The molecule has 2 N–H and O–H groups in total. The van der Waals surface area contributed by atoms with E-state index in [2.05, 4.69) is 20.5 Å². The second-order valence-electron chi connectivity index (χ2n) is 7.10. The Morgan fingerprint density at radius 2 is 2.18 bits per heavy atom. The molecule has 0 amide bonds. The number of hydrogen-bond acceptors (Lipinski definition) is 5. The van der Waals surface area contributed by atoms with Crippen LogP contribution in [0, 0.1) is 12.7 Å².